The molecule has 10 heteroatoms. The molecule has 260 valence electrons. The number of nitrogens with zero attached hydrogens (tertiary/aromatic N) is 3. The second-order valence-corrected chi connectivity index (χ2v) is 12.2. The van der Waals surface area contributed by atoms with Crippen LogP contribution < -0.4 is 20.2 Å². The van der Waals surface area contributed by atoms with Gasteiger partial charge in [0, 0.05) is 30.9 Å². The van der Waals surface area contributed by atoms with Crippen LogP contribution in [0.1, 0.15) is 40.0 Å². The number of rotatable bonds is 17. The Hall–Kier alpha value is -6.00. The van der Waals surface area contributed by atoms with Gasteiger partial charge in [-0.1, -0.05) is 41.6 Å². The van der Waals surface area contributed by atoms with Crippen molar-refractivity contribution in [2.75, 3.05) is 26.3 Å². The zero-order chi connectivity index (χ0) is 35.4. The number of phenols is 1. The molecule has 0 unspecified atom stereocenters. The number of phenolic OH excluding ortho intramolecular Hbond substituents is 1. The number of fused-ring (bicyclic) bond motifs is 1. The van der Waals surface area contributed by atoms with E-state index in [2.05, 4.69) is 15.6 Å². The summed E-state index contributed by atoms with van der Waals surface area (Å²) in [6.07, 6.45) is 7.80. The average Bonchev–Trinajstić information content (AvgIpc) is 3.60. The maximum absolute atomic E-state index is 12.4. The molecule has 0 aliphatic heterocycles. The summed E-state index contributed by atoms with van der Waals surface area (Å²) < 4.78 is 19.5. The molecule has 0 atom stereocenters. The molecule has 0 aliphatic rings. The van der Waals surface area contributed by atoms with E-state index in [1.54, 1.807) is 36.4 Å². The highest BCUT2D eigenvalue weighted by Gasteiger charge is 2.09. The molecule has 0 saturated heterocycles. The number of hydrogen-bond acceptors (Lipinski definition) is 9. The number of unbranched alkanes of at least 4 members (excludes halogenated alkanes) is 1. The molecule has 10 nitrogen and oxygen atoms in total. The lowest BCUT2D eigenvalue weighted by molar-refractivity contribution is 0.104. The van der Waals surface area contributed by atoms with Crippen molar-refractivity contribution in [1.29, 1.82) is 0 Å². The van der Waals surface area contributed by atoms with Gasteiger partial charge in [-0.3, -0.25) is 14.3 Å². The fraction of sp³-hybridized carbons (Fsp3) is 0.220. The number of ketones is 1. The van der Waals surface area contributed by atoms with E-state index in [-0.39, 0.29) is 22.5 Å². The number of benzene rings is 4. The van der Waals surface area contributed by atoms with Crippen molar-refractivity contribution in [2.45, 2.75) is 32.7 Å². The van der Waals surface area contributed by atoms with E-state index in [0.717, 1.165) is 59.7 Å². The Balaban J connectivity index is 0.825. The lowest BCUT2D eigenvalue weighted by atomic mass is 10.1. The summed E-state index contributed by atoms with van der Waals surface area (Å²) in [5, 5.41) is 22.5. The number of aromatic nitrogens is 3. The Morgan fingerprint density at radius 2 is 1.67 bits per heavy atom. The minimum absolute atomic E-state index is 0.0118. The standard InChI is InChI=1S/C41H40N4O6/c1-29-9-19-35(38(47)26-29)37(46)20-12-30-10-15-33(16-11-30)49-24-5-4-6-32-28-45(44-43-32)23-21-42-22-25-50-34-17-13-31(14-18-34)41-27-39(48)36-7-2-3-8-40(36)51-41/h2-3,7-20,26-28,42,47H,4-6,21-25H2,1H3/b20-12+. The molecule has 0 fully saturated rings. The molecule has 6 aromatic rings. The van der Waals surface area contributed by atoms with Gasteiger partial charge in [-0.25, -0.2) is 0 Å². The van der Waals surface area contributed by atoms with Gasteiger partial charge in [0.25, 0.3) is 0 Å². The third-order valence-electron chi connectivity index (χ3n) is 8.25. The lowest BCUT2D eigenvalue weighted by Crippen LogP contribution is -2.25. The highest BCUT2D eigenvalue weighted by molar-refractivity contribution is 6.08. The summed E-state index contributed by atoms with van der Waals surface area (Å²) >= 11 is 0. The van der Waals surface area contributed by atoms with E-state index < -0.39 is 0 Å². The van der Waals surface area contributed by atoms with Crippen molar-refractivity contribution in [3.8, 4) is 28.6 Å². The number of allylic oxidation sites excluding steroid dienone is 1. The molecule has 0 spiro atoms. The summed E-state index contributed by atoms with van der Waals surface area (Å²) in [4.78, 5) is 24.8. The van der Waals surface area contributed by atoms with Crippen LogP contribution in [0.25, 0.3) is 28.4 Å². The predicted molar refractivity (Wildman–Crippen MR) is 197 cm³/mol. The number of nitrogens with one attached hydrogen (secondary N) is 1. The summed E-state index contributed by atoms with van der Waals surface area (Å²) in [7, 11) is 0. The predicted octanol–water partition coefficient (Wildman–Crippen LogP) is 7.03. The van der Waals surface area contributed by atoms with Crippen LogP contribution in [-0.2, 0) is 13.0 Å². The molecular weight excluding hydrogens is 644 g/mol. The van der Waals surface area contributed by atoms with Gasteiger partial charge in [0.1, 0.15) is 35.2 Å². The third-order valence-corrected chi connectivity index (χ3v) is 8.25. The molecule has 0 saturated carbocycles. The van der Waals surface area contributed by atoms with Gasteiger partial charge in [0.15, 0.2) is 11.2 Å². The molecule has 0 bridgehead atoms. The van der Waals surface area contributed by atoms with E-state index >= 15 is 0 Å². The quantitative estimate of drug-likeness (QED) is 0.0591. The van der Waals surface area contributed by atoms with Gasteiger partial charge in [-0.2, -0.15) is 0 Å². The van der Waals surface area contributed by atoms with Crippen LogP contribution in [-0.4, -0.2) is 52.2 Å². The highest BCUT2D eigenvalue weighted by atomic mass is 16.5. The van der Waals surface area contributed by atoms with Crippen molar-refractivity contribution in [3.05, 3.63) is 142 Å². The van der Waals surface area contributed by atoms with Crippen molar-refractivity contribution in [1.82, 2.24) is 20.3 Å². The molecule has 0 radical (unpaired) electrons. The van der Waals surface area contributed by atoms with Crippen molar-refractivity contribution in [3.63, 3.8) is 0 Å². The number of aryl methyl sites for hydroxylation is 2. The first-order valence-electron chi connectivity index (χ1n) is 17.0. The third kappa shape index (κ3) is 9.80. The smallest absolute Gasteiger partial charge is 0.193 e. The van der Waals surface area contributed by atoms with Crippen LogP contribution in [0.15, 0.2) is 119 Å². The van der Waals surface area contributed by atoms with Gasteiger partial charge in [-0.15, -0.1) is 5.10 Å². The average molecular weight is 685 g/mol. The zero-order valence-electron chi connectivity index (χ0n) is 28.5. The van der Waals surface area contributed by atoms with E-state index in [4.69, 9.17) is 13.9 Å². The first-order valence-corrected chi connectivity index (χ1v) is 17.0. The lowest BCUT2D eigenvalue weighted by Gasteiger charge is -2.08. The van der Waals surface area contributed by atoms with Crippen molar-refractivity contribution >= 4 is 22.8 Å². The summed E-state index contributed by atoms with van der Waals surface area (Å²) in [5.74, 6) is 1.78. The number of ether oxygens (including phenoxy) is 2. The number of aromatic hydroxyl groups is 1. The summed E-state index contributed by atoms with van der Waals surface area (Å²) in [6.45, 7) is 5.09. The van der Waals surface area contributed by atoms with Crippen LogP contribution in [0.3, 0.4) is 0 Å². The largest absolute Gasteiger partial charge is 0.507 e. The molecule has 2 heterocycles. The first kappa shape index (κ1) is 34.8. The molecule has 2 N–H and O–H groups in total. The number of hydrogen-bond donors (Lipinski definition) is 2. The number of carbonyl (C=O) groups excluding carboxylic acids is 1. The Kier molecular flexibility index (Phi) is 11.7. The van der Waals surface area contributed by atoms with Crippen LogP contribution >= 0.6 is 0 Å². The molecule has 51 heavy (non-hydrogen) atoms. The van der Waals surface area contributed by atoms with Crippen LogP contribution in [0.2, 0.25) is 0 Å². The molecule has 0 amide bonds. The molecule has 4 aromatic carbocycles. The summed E-state index contributed by atoms with van der Waals surface area (Å²) in [5.41, 5.74) is 4.32. The maximum atomic E-state index is 12.4. The van der Waals surface area contributed by atoms with Gasteiger partial charge in [0.05, 0.1) is 29.8 Å². The Morgan fingerprint density at radius 1 is 0.902 bits per heavy atom. The summed E-state index contributed by atoms with van der Waals surface area (Å²) in [6, 6.07) is 28.8. The minimum atomic E-state index is -0.247. The van der Waals surface area contributed by atoms with Gasteiger partial charge < -0.3 is 24.3 Å². The van der Waals surface area contributed by atoms with E-state index in [1.165, 1.54) is 12.1 Å². The van der Waals surface area contributed by atoms with E-state index in [1.807, 2.05) is 78.5 Å². The molecule has 6 rings (SSSR count). The van der Waals surface area contributed by atoms with E-state index in [9.17, 15) is 14.7 Å². The second-order valence-electron chi connectivity index (χ2n) is 12.2. The monoisotopic (exact) mass is 684 g/mol. The topological polar surface area (TPSA) is 129 Å². The first-order chi connectivity index (χ1) is 24.9. The maximum Gasteiger partial charge on any atom is 0.193 e. The van der Waals surface area contributed by atoms with Crippen LogP contribution in [0.5, 0.6) is 17.2 Å². The Bertz CT molecular complexity index is 2150. The van der Waals surface area contributed by atoms with E-state index in [0.29, 0.717) is 43.0 Å². The van der Waals surface area contributed by atoms with Gasteiger partial charge in [-0.05, 0) is 104 Å². The zero-order valence-corrected chi connectivity index (χ0v) is 28.5. The normalized spacial score (nSPS) is 11.3. The molecular formula is C41H40N4O6. The second kappa shape index (κ2) is 17.1. The SMILES string of the molecule is Cc1ccc(C(=O)/C=C/c2ccc(OCCCCc3cn(CCNCCOc4ccc(-c5cc(=O)c6ccccc6o5)cc4)nn3)cc2)c(O)c1. The molecule has 2 aromatic heterocycles. The fourth-order valence-corrected chi connectivity index (χ4v) is 5.47. The number of carbonyl (C=O) groups is 1. The van der Waals surface area contributed by atoms with Gasteiger partial charge in [0.2, 0.25) is 0 Å². The van der Waals surface area contributed by atoms with Crippen molar-refractivity contribution in [2.24, 2.45) is 0 Å². The highest BCUT2D eigenvalue weighted by Crippen LogP contribution is 2.24. The minimum Gasteiger partial charge on any atom is -0.507 e. The Labute approximate surface area is 296 Å². The van der Waals surface area contributed by atoms with Crippen LogP contribution in [0.4, 0.5) is 0 Å². The number of para-hydroxylation sites is 1. The van der Waals surface area contributed by atoms with Crippen LogP contribution in [0, 0.1) is 6.92 Å². The Morgan fingerprint density at radius 3 is 2.47 bits per heavy atom. The molecule has 0 aliphatic carbocycles. The van der Waals surface area contributed by atoms with Crippen molar-refractivity contribution < 1.29 is 23.8 Å². The fourth-order valence-electron chi connectivity index (χ4n) is 5.47. The van der Waals surface area contributed by atoms with Gasteiger partial charge >= 0.3 is 0 Å².